The van der Waals surface area contributed by atoms with Crippen LogP contribution in [0.2, 0.25) is 0 Å². The van der Waals surface area contributed by atoms with Crippen LogP contribution in [-0.2, 0) is 4.79 Å². The molecule has 2 fully saturated rings. The van der Waals surface area contributed by atoms with Crippen LogP contribution < -0.4 is 5.32 Å². The lowest BCUT2D eigenvalue weighted by Crippen LogP contribution is -2.48. The van der Waals surface area contributed by atoms with Crippen molar-refractivity contribution >= 4 is 5.91 Å². The van der Waals surface area contributed by atoms with Crippen LogP contribution in [0.25, 0.3) is 0 Å². The fourth-order valence-electron chi connectivity index (χ4n) is 3.39. The molecule has 0 radical (unpaired) electrons. The van der Waals surface area contributed by atoms with E-state index >= 15 is 0 Å². The van der Waals surface area contributed by atoms with Gasteiger partial charge in [0.05, 0.1) is 5.92 Å². The smallest absolute Gasteiger partial charge is 0.226 e. The Hall–Kier alpha value is -0.570. The number of hydrogen-bond acceptors (Lipinski definition) is 2. The van der Waals surface area contributed by atoms with E-state index in [1.807, 2.05) is 0 Å². The van der Waals surface area contributed by atoms with Crippen molar-refractivity contribution in [3.63, 3.8) is 0 Å². The third-order valence-corrected chi connectivity index (χ3v) is 4.71. The summed E-state index contributed by atoms with van der Waals surface area (Å²) in [5.41, 5.74) is 0. The van der Waals surface area contributed by atoms with Crippen molar-refractivity contribution in [1.29, 1.82) is 0 Å². The summed E-state index contributed by atoms with van der Waals surface area (Å²) in [5.74, 6) is 2.84. The van der Waals surface area contributed by atoms with E-state index in [4.69, 9.17) is 0 Å². The van der Waals surface area contributed by atoms with Gasteiger partial charge in [0.1, 0.15) is 0 Å². The van der Waals surface area contributed by atoms with Gasteiger partial charge >= 0.3 is 0 Å². The molecule has 0 aromatic carbocycles. The Morgan fingerprint density at radius 1 is 1.22 bits per heavy atom. The molecular weight excluding hydrogens is 224 g/mol. The first-order valence-electron chi connectivity index (χ1n) is 7.57. The quantitative estimate of drug-likeness (QED) is 0.816. The van der Waals surface area contributed by atoms with Crippen molar-refractivity contribution in [1.82, 2.24) is 10.2 Å². The van der Waals surface area contributed by atoms with Gasteiger partial charge in [-0.05, 0) is 43.6 Å². The summed E-state index contributed by atoms with van der Waals surface area (Å²) < 4.78 is 0. The molecule has 0 bridgehead atoms. The van der Waals surface area contributed by atoms with Crippen molar-refractivity contribution in [3.8, 4) is 0 Å². The number of nitrogens with zero attached hydrogens (tertiary/aromatic N) is 1. The monoisotopic (exact) mass is 252 g/mol. The zero-order valence-corrected chi connectivity index (χ0v) is 12.1. The van der Waals surface area contributed by atoms with Gasteiger partial charge in [-0.2, -0.15) is 0 Å². The first-order chi connectivity index (χ1) is 8.58. The topological polar surface area (TPSA) is 32.3 Å². The Kier molecular flexibility index (Phi) is 4.66. The maximum absolute atomic E-state index is 12.5. The van der Waals surface area contributed by atoms with Crippen LogP contribution in [0.1, 0.15) is 40.0 Å². The van der Waals surface area contributed by atoms with Crippen LogP contribution in [0.3, 0.4) is 0 Å². The van der Waals surface area contributed by atoms with Gasteiger partial charge in [0.2, 0.25) is 5.91 Å². The molecule has 0 spiro atoms. The Bertz CT molecular complexity index is 282. The van der Waals surface area contributed by atoms with Gasteiger partial charge in [-0.15, -0.1) is 0 Å². The molecule has 2 heterocycles. The fourth-order valence-corrected chi connectivity index (χ4v) is 3.39. The molecule has 0 aromatic heterocycles. The average molecular weight is 252 g/mol. The van der Waals surface area contributed by atoms with E-state index in [-0.39, 0.29) is 5.92 Å². The molecule has 3 heteroatoms. The number of carbonyl (C=O) groups is 1. The highest BCUT2D eigenvalue weighted by Gasteiger charge is 2.31. The molecule has 18 heavy (non-hydrogen) atoms. The molecule has 2 rings (SSSR count). The molecule has 2 unspecified atom stereocenters. The molecule has 0 aromatic rings. The summed E-state index contributed by atoms with van der Waals surface area (Å²) in [6.45, 7) is 10.7. The van der Waals surface area contributed by atoms with E-state index in [9.17, 15) is 4.79 Å². The van der Waals surface area contributed by atoms with Gasteiger partial charge in [-0.1, -0.05) is 20.8 Å². The summed E-state index contributed by atoms with van der Waals surface area (Å²) in [6, 6.07) is 0. The average Bonchev–Trinajstić information content (AvgIpc) is 2.38. The lowest BCUT2D eigenvalue weighted by atomic mass is 9.85. The van der Waals surface area contributed by atoms with E-state index in [0.29, 0.717) is 11.8 Å². The van der Waals surface area contributed by atoms with Crippen LogP contribution in [0.4, 0.5) is 0 Å². The van der Waals surface area contributed by atoms with Crippen LogP contribution in [0.5, 0.6) is 0 Å². The summed E-state index contributed by atoms with van der Waals surface area (Å²) in [5, 5.41) is 3.38. The first kappa shape index (κ1) is 13.9. The highest BCUT2D eigenvalue weighted by molar-refractivity contribution is 5.79. The Labute approximate surface area is 111 Å². The van der Waals surface area contributed by atoms with Crippen LogP contribution >= 0.6 is 0 Å². The predicted molar refractivity (Wildman–Crippen MR) is 74.3 cm³/mol. The molecule has 1 N–H and O–H groups in total. The normalized spacial score (nSPS) is 30.8. The molecule has 104 valence electrons. The molecule has 1 amide bonds. The van der Waals surface area contributed by atoms with E-state index < -0.39 is 0 Å². The van der Waals surface area contributed by atoms with E-state index in [1.54, 1.807) is 0 Å². The first-order valence-corrected chi connectivity index (χ1v) is 7.57. The number of hydrogen-bond donors (Lipinski definition) is 1. The minimum atomic E-state index is 0.226. The number of rotatable bonds is 2. The molecule has 2 atom stereocenters. The van der Waals surface area contributed by atoms with Crippen molar-refractivity contribution < 1.29 is 4.79 Å². The van der Waals surface area contributed by atoms with E-state index in [0.717, 1.165) is 44.4 Å². The van der Waals surface area contributed by atoms with Gasteiger partial charge in [0, 0.05) is 19.6 Å². The number of carbonyl (C=O) groups excluding carboxylic acids is 1. The third kappa shape index (κ3) is 3.25. The zero-order chi connectivity index (χ0) is 13.1. The maximum Gasteiger partial charge on any atom is 0.226 e. The molecule has 0 aliphatic carbocycles. The zero-order valence-electron chi connectivity index (χ0n) is 12.1. The Morgan fingerprint density at radius 2 is 1.89 bits per heavy atom. The number of nitrogens with one attached hydrogen (secondary N) is 1. The standard InChI is InChI=1S/C15H28N2O/c1-11(2)13-4-6-17(7-5-13)15(18)14-8-12(3)9-16-10-14/h11-14,16H,4-10H2,1-3H3. The summed E-state index contributed by atoms with van der Waals surface area (Å²) in [4.78, 5) is 14.6. The Balaban J connectivity index is 1.83. The lowest BCUT2D eigenvalue weighted by molar-refractivity contribution is -0.138. The second-order valence-corrected chi connectivity index (χ2v) is 6.60. The number of amides is 1. The molecule has 0 saturated carbocycles. The highest BCUT2D eigenvalue weighted by Crippen LogP contribution is 2.26. The van der Waals surface area contributed by atoms with Crippen LogP contribution in [0.15, 0.2) is 0 Å². The van der Waals surface area contributed by atoms with Gasteiger partial charge in [0.15, 0.2) is 0 Å². The largest absolute Gasteiger partial charge is 0.342 e. The van der Waals surface area contributed by atoms with Gasteiger partial charge in [0.25, 0.3) is 0 Å². The van der Waals surface area contributed by atoms with Crippen molar-refractivity contribution in [2.75, 3.05) is 26.2 Å². The van der Waals surface area contributed by atoms with Gasteiger partial charge < -0.3 is 10.2 Å². The number of piperidine rings is 2. The SMILES string of the molecule is CC1CNCC(C(=O)N2CCC(C(C)C)CC2)C1. The van der Waals surface area contributed by atoms with Crippen LogP contribution in [0, 0.1) is 23.7 Å². The van der Waals surface area contributed by atoms with Crippen LogP contribution in [-0.4, -0.2) is 37.0 Å². The summed E-state index contributed by atoms with van der Waals surface area (Å²) >= 11 is 0. The third-order valence-electron chi connectivity index (χ3n) is 4.71. The molecule has 3 nitrogen and oxygen atoms in total. The molecular formula is C15H28N2O. The number of likely N-dealkylation sites (tertiary alicyclic amines) is 1. The van der Waals surface area contributed by atoms with Crippen molar-refractivity contribution in [2.24, 2.45) is 23.7 Å². The van der Waals surface area contributed by atoms with Gasteiger partial charge in [-0.3, -0.25) is 4.79 Å². The summed E-state index contributed by atoms with van der Waals surface area (Å²) in [6.07, 6.45) is 3.45. The molecule has 2 saturated heterocycles. The second kappa shape index (κ2) is 6.05. The van der Waals surface area contributed by atoms with Crippen molar-refractivity contribution in [2.45, 2.75) is 40.0 Å². The minimum Gasteiger partial charge on any atom is -0.342 e. The van der Waals surface area contributed by atoms with E-state index in [1.165, 1.54) is 12.8 Å². The molecule has 2 aliphatic rings. The fraction of sp³-hybridized carbons (Fsp3) is 0.933. The highest BCUT2D eigenvalue weighted by atomic mass is 16.2. The Morgan fingerprint density at radius 3 is 2.44 bits per heavy atom. The van der Waals surface area contributed by atoms with E-state index in [2.05, 4.69) is 31.0 Å². The minimum absolute atomic E-state index is 0.226. The predicted octanol–water partition coefficient (Wildman–Crippen LogP) is 2.13. The van der Waals surface area contributed by atoms with Crippen molar-refractivity contribution in [3.05, 3.63) is 0 Å². The molecule has 2 aliphatic heterocycles. The van der Waals surface area contributed by atoms with Gasteiger partial charge in [-0.25, -0.2) is 0 Å². The second-order valence-electron chi connectivity index (χ2n) is 6.60. The maximum atomic E-state index is 12.5. The lowest BCUT2D eigenvalue weighted by Gasteiger charge is -2.37. The summed E-state index contributed by atoms with van der Waals surface area (Å²) in [7, 11) is 0.